The molecule has 0 spiro atoms. The Kier molecular flexibility index (Phi) is 5.10. The van der Waals surface area contributed by atoms with Crippen molar-refractivity contribution in [2.75, 3.05) is 6.54 Å². The molecular weight excluding hydrogens is 361 g/mol. The highest BCUT2D eigenvalue weighted by atomic mass is 32.1. The molecule has 0 amide bonds. The average molecular weight is 387 g/mol. The Balaban J connectivity index is 1.51. The first-order valence-corrected chi connectivity index (χ1v) is 10.5. The summed E-state index contributed by atoms with van der Waals surface area (Å²) in [4.78, 5) is 22.7. The molecule has 2 atom stereocenters. The molecule has 0 saturated heterocycles. The van der Waals surface area contributed by atoms with Gasteiger partial charge < -0.3 is 10.3 Å². The summed E-state index contributed by atoms with van der Waals surface area (Å²) in [5.74, 6) is 1.22. The molecule has 3 aromatic rings. The van der Waals surface area contributed by atoms with Gasteiger partial charge in [-0.15, -0.1) is 11.3 Å². The molecule has 0 bridgehead atoms. The van der Waals surface area contributed by atoms with Crippen molar-refractivity contribution < 1.29 is 9.71 Å². The highest BCUT2D eigenvalue weighted by Crippen LogP contribution is 2.35. The number of aryl methyl sites for hydroxylation is 1. The van der Waals surface area contributed by atoms with Crippen molar-refractivity contribution in [3.63, 3.8) is 0 Å². The third-order valence-corrected chi connectivity index (χ3v) is 6.66. The predicted octanol–water partition coefficient (Wildman–Crippen LogP) is 3.12. The van der Waals surface area contributed by atoms with Crippen molar-refractivity contribution in [3.05, 3.63) is 62.3 Å². The van der Waals surface area contributed by atoms with E-state index in [2.05, 4.69) is 17.2 Å². The van der Waals surface area contributed by atoms with Crippen LogP contribution in [0.2, 0.25) is 0 Å². The number of hydrogen-bond acceptors (Lipinski definition) is 3. The van der Waals surface area contributed by atoms with Crippen molar-refractivity contribution in [1.29, 1.82) is 0 Å². The smallest absolute Gasteiger partial charge is 0.260 e. The maximum atomic E-state index is 13.7. The van der Waals surface area contributed by atoms with Crippen LogP contribution in [-0.2, 0) is 19.3 Å². The van der Waals surface area contributed by atoms with Gasteiger partial charge >= 0.3 is 0 Å². The first kappa shape index (κ1) is 18.3. The number of hydrogen-bond donors (Lipinski definition) is 2. The Morgan fingerprint density at radius 1 is 1.41 bits per heavy atom. The second kappa shape index (κ2) is 7.52. The summed E-state index contributed by atoms with van der Waals surface area (Å²) in [6.07, 6.45) is 3.81. The van der Waals surface area contributed by atoms with E-state index in [0.29, 0.717) is 18.2 Å². The van der Waals surface area contributed by atoms with Crippen LogP contribution >= 0.6 is 11.3 Å². The average Bonchev–Trinajstić information content (AvgIpc) is 3.01. The molecule has 1 aliphatic carbocycles. The van der Waals surface area contributed by atoms with Crippen molar-refractivity contribution in [2.45, 2.75) is 45.6 Å². The molecule has 6 heteroatoms. The van der Waals surface area contributed by atoms with Crippen molar-refractivity contribution in [2.24, 2.45) is 5.92 Å². The Morgan fingerprint density at radius 2 is 2.22 bits per heavy atom. The second-order valence-electron chi connectivity index (χ2n) is 7.64. The maximum absolute atomic E-state index is 13.7. The van der Waals surface area contributed by atoms with Crippen LogP contribution < -0.4 is 10.9 Å². The first-order chi connectivity index (χ1) is 13.0. The highest BCUT2D eigenvalue weighted by molar-refractivity contribution is 7.18. The fraction of sp³-hybridized carbons (Fsp3) is 0.429. The van der Waals surface area contributed by atoms with Crippen LogP contribution in [0.15, 0.2) is 29.1 Å². The lowest BCUT2D eigenvalue weighted by molar-refractivity contribution is -0.693. The number of nitrogens with one attached hydrogen (secondary N) is 1. The number of nitrogens with two attached hydrogens (primary N) is 1. The van der Waals surface area contributed by atoms with Gasteiger partial charge in [0, 0.05) is 11.3 Å². The fourth-order valence-corrected chi connectivity index (χ4v) is 5.27. The van der Waals surface area contributed by atoms with E-state index in [1.54, 1.807) is 17.4 Å². The van der Waals surface area contributed by atoms with E-state index in [1.807, 2.05) is 19.1 Å². The Bertz CT molecular complexity index is 1030. The van der Waals surface area contributed by atoms with Crippen LogP contribution in [0.3, 0.4) is 0 Å². The monoisotopic (exact) mass is 386 g/mol. The third kappa shape index (κ3) is 3.69. The molecule has 1 aromatic carbocycles. The zero-order chi connectivity index (χ0) is 19.0. The minimum Gasteiger partial charge on any atom is -0.337 e. The van der Waals surface area contributed by atoms with Gasteiger partial charge in [0.05, 0.1) is 11.9 Å². The normalized spacial score (nSPS) is 17.8. The van der Waals surface area contributed by atoms with E-state index >= 15 is 0 Å². The summed E-state index contributed by atoms with van der Waals surface area (Å²) in [5, 5.41) is 2.90. The molecule has 2 heterocycles. The number of halogens is 1. The lowest BCUT2D eigenvalue weighted by Crippen LogP contribution is -2.85. The number of aromatic nitrogens is 2. The van der Waals surface area contributed by atoms with Crippen molar-refractivity contribution in [3.8, 4) is 0 Å². The largest absolute Gasteiger partial charge is 0.337 e. The van der Waals surface area contributed by atoms with E-state index in [1.165, 1.54) is 16.5 Å². The van der Waals surface area contributed by atoms with Gasteiger partial charge in [-0.2, -0.15) is 0 Å². The van der Waals surface area contributed by atoms with Crippen molar-refractivity contribution >= 4 is 21.6 Å². The maximum Gasteiger partial charge on any atom is 0.260 e. The third-order valence-electron chi connectivity index (χ3n) is 5.51. The molecule has 4 nitrogen and oxygen atoms in total. The number of benzene rings is 1. The van der Waals surface area contributed by atoms with Gasteiger partial charge in [0.1, 0.15) is 16.7 Å². The van der Waals surface area contributed by atoms with Crippen LogP contribution in [0.4, 0.5) is 4.39 Å². The molecule has 3 N–H and O–H groups in total. The molecular formula is C21H25FN3OS+. The van der Waals surface area contributed by atoms with E-state index in [-0.39, 0.29) is 17.4 Å². The zero-order valence-electron chi connectivity index (χ0n) is 15.7. The quantitative estimate of drug-likeness (QED) is 0.708. The van der Waals surface area contributed by atoms with Crippen LogP contribution in [-0.4, -0.2) is 16.5 Å². The molecule has 2 aromatic heterocycles. The van der Waals surface area contributed by atoms with Crippen molar-refractivity contribution in [1.82, 2.24) is 9.97 Å². The number of nitrogens with zero attached hydrogens (tertiary/aromatic N) is 1. The van der Waals surface area contributed by atoms with Gasteiger partial charge in [0.2, 0.25) is 0 Å². The number of quaternary nitrogens is 1. The Morgan fingerprint density at radius 3 is 3.04 bits per heavy atom. The van der Waals surface area contributed by atoms with Crippen LogP contribution in [0, 0.1) is 11.7 Å². The lowest BCUT2D eigenvalue weighted by atomic mass is 9.89. The van der Waals surface area contributed by atoms with E-state index in [4.69, 9.17) is 4.98 Å². The fourth-order valence-electron chi connectivity index (χ4n) is 3.88. The number of H-pyrrole nitrogens is 1. The number of aromatic amines is 1. The number of thiophene rings is 1. The summed E-state index contributed by atoms with van der Waals surface area (Å²) in [6.45, 7) is 5.03. The highest BCUT2D eigenvalue weighted by Gasteiger charge is 2.24. The van der Waals surface area contributed by atoms with Gasteiger partial charge in [-0.1, -0.05) is 25.1 Å². The minimum absolute atomic E-state index is 0.0172. The standard InChI is InChI=1S/C21H24FN3OS/c1-12-7-8-15-17(11-12)27-21-18(15)20(26)24-19(25-21)13(2)23-10-9-14-5-3-4-6-16(14)22/h3-6,12-13,23H,7-11H2,1-2H3,(H,24,25,26)/p+1/t12-,13-/m1/s1. The summed E-state index contributed by atoms with van der Waals surface area (Å²) in [5.41, 5.74) is 1.92. The van der Waals surface area contributed by atoms with Crippen LogP contribution in [0.1, 0.15) is 48.1 Å². The van der Waals surface area contributed by atoms with E-state index in [0.717, 1.165) is 41.6 Å². The Labute approximate surface area is 161 Å². The molecule has 27 heavy (non-hydrogen) atoms. The van der Waals surface area contributed by atoms with Gasteiger partial charge in [-0.25, -0.2) is 9.37 Å². The van der Waals surface area contributed by atoms with E-state index < -0.39 is 0 Å². The van der Waals surface area contributed by atoms with Gasteiger partial charge in [-0.05, 0) is 49.3 Å². The molecule has 1 aliphatic rings. The first-order valence-electron chi connectivity index (χ1n) is 9.64. The molecule has 142 valence electrons. The van der Waals surface area contributed by atoms with E-state index in [9.17, 15) is 9.18 Å². The summed E-state index contributed by atoms with van der Waals surface area (Å²) in [7, 11) is 0. The summed E-state index contributed by atoms with van der Waals surface area (Å²) < 4.78 is 13.7. The molecule has 0 aliphatic heterocycles. The molecule has 0 saturated carbocycles. The minimum atomic E-state index is -0.162. The lowest BCUT2D eigenvalue weighted by Gasteiger charge is -2.17. The molecule has 0 radical (unpaired) electrons. The van der Waals surface area contributed by atoms with Gasteiger partial charge in [0.15, 0.2) is 5.82 Å². The predicted molar refractivity (Wildman–Crippen MR) is 107 cm³/mol. The summed E-state index contributed by atoms with van der Waals surface area (Å²) in [6, 6.07) is 6.89. The van der Waals surface area contributed by atoms with Gasteiger partial charge in [-0.3, -0.25) is 4.79 Å². The van der Waals surface area contributed by atoms with Crippen LogP contribution in [0.25, 0.3) is 10.2 Å². The zero-order valence-corrected chi connectivity index (χ0v) is 16.5. The Hall–Kier alpha value is -2.05. The van der Waals surface area contributed by atoms with Crippen LogP contribution in [0.5, 0.6) is 0 Å². The molecule has 0 fully saturated rings. The number of fused-ring (bicyclic) bond motifs is 3. The second-order valence-corrected chi connectivity index (χ2v) is 8.72. The SMILES string of the molecule is C[C@@H]1CCc2c(sc3nc([C@@H](C)[NH2+]CCc4ccccc4F)[nH]c(=O)c23)C1. The summed E-state index contributed by atoms with van der Waals surface area (Å²) >= 11 is 1.68. The number of rotatable bonds is 5. The molecule has 4 rings (SSSR count). The molecule has 0 unspecified atom stereocenters. The topological polar surface area (TPSA) is 62.4 Å². The van der Waals surface area contributed by atoms with Gasteiger partial charge in [0.25, 0.3) is 5.56 Å².